The molecule has 2 amide bonds. The number of hydrogen-bond donors (Lipinski definition) is 3. The van der Waals surface area contributed by atoms with Gasteiger partial charge in [0.15, 0.2) is 0 Å². The molecule has 0 aliphatic carbocycles. The maximum atomic E-state index is 12.7. The minimum Gasteiger partial charge on any atom is -0.478 e. The number of anilines is 2. The predicted molar refractivity (Wildman–Crippen MR) is 77.5 cm³/mol. The van der Waals surface area contributed by atoms with Crippen LogP contribution in [0.5, 0.6) is 0 Å². The number of carboxylic acid groups (broad SMARTS) is 1. The van der Waals surface area contributed by atoms with Gasteiger partial charge >= 0.3 is 12.0 Å². The highest BCUT2D eigenvalue weighted by atomic mass is 35.5. The van der Waals surface area contributed by atoms with E-state index in [9.17, 15) is 14.0 Å². The summed E-state index contributed by atoms with van der Waals surface area (Å²) in [5, 5.41) is 13.8. The second-order valence-electron chi connectivity index (χ2n) is 4.09. The van der Waals surface area contributed by atoms with E-state index in [4.69, 9.17) is 16.7 Å². The highest BCUT2D eigenvalue weighted by molar-refractivity contribution is 6.33. The summed E-state index contributed by atoms with van der Waals surface area (Å²) in [6, 6.07) is 8.74. The number of carbonyl (C=O) groups excluding carboxylic acids is 1. The first-order valence-corrected chi connectivity index (χ1v) is 6.20. The van der Waals surface area contributed by atoms with Gasteiger partial charge in [0, 0.05) is 11.4 Å². The largest absolute Gasteiger partial charge is 0.478 e. The van der Waals surface area contributed by atoms with Gasteiger partial charge in [-0.05, 0) is 42.5 Å². The monoisotopic (exact) mass is 308 g/mol. The minimum absolute atomic E-state index is 0.0158. The molecule has 2 aromatic rings. The molecule has 2 aromatic carbocycles. The Kier molecular flexibility index (Phi) is 4.39. The Morgan fingerprint density at radius 2 is 1.57 bits per heavy atom. The van der Waals surface area contributed by atoms with Crippen molar-refractivity contribution in [1.29, 1.82) is 0 Å². The van der Waals surface area contributed by atoms with Gasteiger partial charge in [0.05, 0.1) is 10.6 Å². The van der Waals surface area contributed by atoms with E-state index in [0.29, 0.717) is 11.4 Å². The van der Waals surface area contributed by atoms with Crippen LogP contribution in [0.3, 0.4) is 0 Å². The molecule has 3 N–H and O–H groups in total. The lowest BCUT2D eigenvalue weighted by molar-refractivity contribution is 0.0697. The van der Waals surface area contributed by atoms with E-state index in [1.165, 1.54) is 42.5 Å². The van der Waals surface area contributed by atoms with Gasteiger partial charge in [-0.25, -0.2) is 14.0 Å². The third-order valence-corrected chi connectivity index (χ3v) is 2.87. The van der Waals surface area contributed by atoms with Crippen LogP contribution in [0.2, 0.25) is 5.02 Å². The van der Waals surface area contributed by atoms with Gasteiger partial charge in [0.1, 0.15) is 5.82 Å². The van der Waals surface area contributed by atoms with Crippen LogP contribution < -0.4 is 10.6 Å². The summed E-state index contributed by atoms with van der Waals surface area (Å²) in [5.74, 6) is -1.56. The van der Waals surface area contributed by atoms with Crippen LogP contribution in [-0.4, -0.2) is 17.1 Å². The van der Waals surface area contributed by atoms with Gasteiger partial charge in [-0.15, -0.1) is 0 Å². The summed E-state index contributed by atoms with van der Waals surface area (Å²) in [7, 11) is 0. The number of benzene rings is 2. The van der Waals surface area contributed by atoms with Gasteiger partial charge in [0.25, 0.3) is 0 Å². The standard InChI is InChI=1S/C14H10ClFN2O3/c15-12-7-10(5-6-11(12)13(19)20)18-14(21)17-9-3-1-8(16)2-4-9/h1-7H,(H,19,20)(H2,17,18,21). The fourth-order valence-corrected chi connectivity index (χ4v) is 1.85. The molecular formula is C14H10ClFN2O3. The van der Waals surface area contributed by atoms with Crippen molar-refractivity contribution in [1.82, 2.24) is 0 Å². The Balaban J connectivity index is 2.04. The Hall–Kier alpha value is -2.60. The molecule has 0 bridgehead atoms. The maximum absolute atomic E-state index is 12.7. The van der Waals surface area contributed by atoms with E-state index in [2.05, 4.69) is 10.6 Å². The molecule has 0 aliphatic heterocycles. The van der Waals surface area contributed by atoms with Crippen molar-refractivity contribution in [2.24, 2.45) is 0 Å². The first-order chi connectivity index (χ1) is 9.95. The number of carbonyl (C=O) groups is 2. The van der Waals surface area contributed by atoms with E-state index in [-0.39, 0.29) is 10.6 Å². The zero-order valence-electron chi connectivity index (χ0n) is 10.6. The molecule has 5 nitrogen and oxygen atoms in total. The number of halogens is 2. The molecule has 0 saturated carbocycles. The first kappa shape index (κ1) is 14.8. The van der Waals surface area contributed by atoms with E-state index < -0.39 is 17.8 Å². The lowest BCUT2D eigenvalue weighted by Crippen LogP contribution is -2.19. The lowest BCUT2D eigenvalue weighted by atomic mass is 10.2. The molecule has 21 heavy (non-hydrogen) atoms. The topological polar surface area (TPSA) is 78.4 Å². The SMILES string of the molecule is O=C(Nc1ccc(F)cc1)Nc1ccc(C(=O)O)c(Cl)c1. The van der Waals surface area contributed by atoms with Gasteiger partial charge in [-0.1, -0.05) is 11.6 Å². The van der Waals surface area contributed by atoms with Crippen molar-refractivity contribution in [3.63, 3.8) is 0 Å². The van der Waals surface area contributed by atoms with E-state index >= 15 is 0 Å². The Morgan fingerprint density at radius 3 is 2.14 bits per heavy atom. The van der Waals surface area contributed by atoms with Gasteiger partial charge < -0.3 is 15.7 Å². The van der Waals surface area contributed by atoms with Crippen molar-refractivity contribution < 1.29 is 19.1 Å². The average molecular weight is 309 g/mol. The van der Waals surface area contributed by atoms with Gasteiger partial charge in [-0.3, -0.25) is 0 Å². The van der Waals surface area contributed by atoms with Crippen molar-refractivity contribution in [3.8, 4) is 0 Å². The number of aromatic carboxylic acids is 1. The third kappa shape index (κ3) is 3.93. The zero-order valence-corrected chi connectivity index (χ0v) is 11.3. The van der Waals surface area contributed by atoms with Gasteiger partial charge in [0.2, 0.25) is 0 Å². The molecule has 0 atom stereocenters. The fourth-order valence-electron chi connectivity index (χ4n) is 1.59. The highest BCUT2D eigenvalue weighted by Crippen LogP contribution is 2.21. The molecule has 7 heteroatoms. The number of rotatable bonds is 3. The molecular weight excluding hydrogens is 299 g/mol. The second kappa shape index (κ2) is 6.23. The van der Waals surface area contributed by atoms with Crippen LogP contribution in [0.1, 0.15) is 10.4 Å². The Labute approximate surface area is 124 Å². The third-order valence-electron chi connectivity index (χ3n) is 2.56. The molecule has 0 fully saturated rings. The quantitative estimate of drug-likeness (QED) is 0.806. The predicted octanol–water partition coefficient (Wildman–Crippen LogP) is 3.82. The van der Waals surface area contributed by atoms with Crippen LogP contribution in [-0.2, 0) is 0 Å². The van der Waals surface area contributed by atoms with E-state index in [0.717, 1.165) is 0 Å². The van der Waals surface area contributed by atoms with Crippen LogP contribution >= 0.6 is 11.6 Å². The Morgan fingerprint density at radius 1 is 1.00 bits per heavy atom. The van der Waals surface area contributed by atoms with Crippen molar-refractivity contribution in [2.75, 3.05) is 10.6 Å². The van der Waals surface area contributed by atoms with E-state index in [1.54, 1.807) is 0 Å². The summed E-state index contributed by atoms with van der Waals surface area (Å²) in [6.45, 7) is 0. The number of nitrogens with one attached hydrogen (secondary N) is 2. The summed E-state index contributed by atoms with van der Waals surface area (Å²) >= 11 is 5.79. The number of urea groups is 1. The molecule has 108 valence electrons. The maximum Gasteiger partial charge on any atom is 0.337 e. The summed E-state index contributed by atoms with van der Waals surface area (Å²) in [5.41, 5.74) is 0.702. The average Bonchev–Trinajstić information content (AvgIpc) is 2.41. The van der Waals surface area contributed by atoms with Crippen LogP contribution in [0.25, 0.3) is 0 Å². The normalized spacial score (nSPS) is 10.0. The minimum atomic E-state index is -1.15. The molecule has 2 rings (SSSR count). The molecule has 0 saturated heterocycles. The molecule has 0 radical (unpaired) electrons. The Bertz CT molecular complexity index is 689. The molecule has 0 unspecified atom stereocenters. The number of hydrogen-bond acceptors (Lipinski definition) is 2. The molecule has 0 heterocycles. The van der Waals surface area contributed by atoms with Crippen molar-refractivity contribution in [3.05, 3.63) is 58.9 Å². The van der Waals surface area contributed by atoms with Crippen LogP contribution in [0, 0.1) is 5.82 Å². The summed E-state index contributed by atoms with van der Waals surface area (Å²) < 4.78 is 12.7. The number of carboxylic acids is 1. The van der Waals surface area contributed by atoms with Crippen LogP contribution in [0.4, 0.5) is 20.6 Å². The first-order valence-electron chi connectivity index (χ1n) is 5.82. The van der Waals surface area contributed by atoms with E-state index in [1.807, 2.05) is 0 Å². The molecule has 0 aliphatic rings. The highest BCUT2D eigenvalue weighted by Gasteiger charge is 2.10. The fraction of sp³-hybridized carbons (Fsp3) is 0. The van der Waals surface area contributed by atoms with Crippen LogP contribution in [0.15, 0.2) is 42.5 Å². The van der Waals surface area contributed by atoms with Crippen molar-refractivity contribution >= 4 is 35.0 Å². The number of amides is 2. The lowest BCUT2D eigenvalue weighted by Gasteiger charge is -2.08. The molecule has 0 aromatic heterocycles. The van der Waals surface area contributed by atoms with Crippen molar-refractivity contribution in [2.45, 2.75) is 0 Å². The summed E-state index contributed by atoms with van der Waals surface area (Å²) in [4.78, 5) is 22.5. The smallest absolute Gasteiger partial charge is 0.337 e. The molecule has 0 spiro atoms. The second-order valence-corrected chi connectivity index (χ2v) is 4.49. The zero-order chi connectivity index (χ0) is 15.4. The van der Waals surface area contributed by atoms with Gasteiger partial charge in [-0.2, -0.15) is 0 Å². The summed E-state index contributed by atoms with van der Waals surface area (Å²) in [6.07, 6.45) is 0.